The van der Waals surface area contributed by atoms with Gasteiger partial charge in [-0.1, -0.05) is 0 Å². The van der Waals surface area contributed by atoms with Crippen molar-refractivity contribution < 1.29 is 4.79 Å². The molecule has 2 N–H and O–H groups in total. The maximum Gasteiger partial charge on any atom is 0.243 e. The van der Waals surface area contributed by atoms with Crippen molar-refractivity contribution in [1.29, 1.82) is 0 Å². The molecule has 0 radical (unpaired) electrons. The fraction of sp³-hybridized carbons (Fsp3) is 0.727. The molecule has 5 nitrogen and oxygen atoms in total. The Kier molecular flexibility index (Phi) is 3.33. The van der Waals surface area contributed by atoms with Crippen LogP contribution < -0.4 is 5.32 Å². The molecule has 6 heteroatoms. The topological polar surface area (TPSA) is 62.7 Å². The molecule has 0 bridgehead atoms. The largest absolute Gasteiger partial charge is 0.352 e. The minimum Gasteiger partial charge on any atom is -0.352 e. The van der Waals surface area contributed by atoms with E-state index in [1.165, 1.54) is 0 Å². The Bertz CT molecular complexity index is 472. The normalized spacial score (nSPS) is 17.2. The number of carbonyl (C=O) groups excluding carboxylic acids is 1. The van der Waals surface area contributed by atoms with Gasteiger partial charge in [-0.3, -0.25) is 14.5 Å². The molecule has 0 aromatic carbocycles. The van der Waals surface area contributed by atoms with Crippen LogP contribution in [0.25, 0.3) is 0 Å². The number of nitrogens with zero attached hydrogens (tertiary/aromatic N) is 2. The van der Waals surface area contributed by atoms with Crippen LogP contribution in [0, 0.1) is 4.77 Å². The molecule has 17 heavy (non-hydrogen) atoms. The van der Waals surface area contributed by atoms with Gasteiger partial charge >= 0.3 is 0 Å². The Labute approximate surface area is 106 Å². The highest BCUT2D eigenvalue weighted by Crippen LogP contribution is 2.39. The van der Waals surface area contributed by atoms with Crippen molar-refractivity contribution in [3.63, 3.8) is 0 Å². The van der Waals surface area contributed by atoms with Crippen LogP contribution in [-0.4, -0.2) is 26.7 Å². The molecule has 0 spiro atoms. The first-order chi connectivity index (χ1) is 8.00. The van der Waals surface area contributed by atoms with Crippen LogP contribution in [-0.2, 0) is 4.79 Å². The summed E-state index contributed by atoms with van der Waals surface area (Å²) in [6.45, 7) is 5.75. The number of nitrogens with one attached hydrogen (secondary N) is 2. The molecule has 0 aliphatic heterocycles. The molecule has 1 atom stereocenters. The van der Waals surface area contributed by atoms with Crippen molar-refractivity contribution in [2.45, 2.75) is 51.6 Å². The average molecular weight is 254 g/mol. The summed E-state index contributed by atoms with van der Waals surface area (Å²) in [4.78, 5) is 12.0. The summed E-state index contributed by atoms with van der Waals surface area (Å²) in [5.41, 5.74) is 0. The molecule has 1 aromatic heterocycles. The van der Waals surface area contributed by atoms with Gasteiger partial charge < -0.3 is 5.32 Å². The van der Waals surface area contributed by atoms with Gasteiger partial charge in [0.05, 0.1) is 0 Å². The number of aromatic nitrogens is 3. The van der Waals surface area contributed by atoms with Crippen molar-refractivity contribution in [1.82, 2.24) is 20.1 Å². The van der Waals surface area contributed by atoms with Crippen LogP contribution in [0.5, 0.6) is 0 Å². The molecule has 1 aromatic rings. The Balaban J connectivity index is 2.23. The summed E-state index contributed by atoms with van der Waals surface area (Å²) >= 11 is 5.19. The fourth-order valence-corrected chi connectivity index (χ4v) is 2.14. The highest BCUT2D eigenvalue weighted by molar-refractivity contribution is 7.71. The third kappa shape index (κ3) is 2.57. The van der Waals surface area contributed by atoms with Gasteiger partial charge in [0.1, 0.15) is 11.9 Å². The molecule has 1 aliphatic rings. The van der Waals surface area contributed by atoms with Gasteiger partial charge in [-0.15, -0.1) is 0 Å². The number of H-pyrrole nitrogens is 1. The van der Waals surface area contributed by atoms with E-state index in [1.54, 1.807) is 0 Å². The molecule has 0 saturated heterocycles. The average Bonchev–Trinajstić information content (AvgIpc) is 3.01. The fourth-order valence-electron chi connectivity index (χ4n) is 1.84. The second-order valence-corrected chi connectivity index (χ2v) is 5.26. The van der Waals surface area contributed by atoms with Crippen LogP contribution >= 0.6 is 12.2 Å². The molecular formula is C11H18N4OS. The van der Waals surface area contributed by atoms with Gasteiger partial charge in [0, 0.05) is 12.0 Å². The summed E-state index contributed by atoms with van der Waals surface area (Å²) < 4.78 is 2.36. The van der Waals surface area contributed by atoms with E-state index in [1.807, 2.05) is 25.3 Å². The van der Waals surface area contributed by atoms with Gasteiger partial charge in [-0.2, -0.15) is 5.10 Å². The van der Waals surface area contributed by atoms with E-state index in [4.69, 9.17) is 12.2 Å². The van der Waals surface area contributed by atoms with E-state index in [2.05, 4.69) is 15.5 Å². The van der Waals surface area contributed by atoms with Crippen molar-refractivity contribution in [2.24, 2.45) is 0 Å². The van der Waals surface area contributed by atoms with Crippen LogP contribution in [0.2, 0.25) is 0 Å². The lowest BCUT2D eigenvalue weighted by Gasteiger charge is -2.17. The first kappa shape index (κ1) is 12.3. The van der Waals surface area contributed by atoms with Crippen molar-refractivity contribution in [2.75, 3.05) is 0 Å². The third-order valence-electron chi connectivity index (χ3n) is 2.87. The van der Waals surface area contributed by atoms with Gasteiger partial charge in [-0.05, 0) is 45.8 Å². The maximum atomic E-state index is 12.0. The van der Waals surface area contributed by atoms with Gasteiger partial charge in [0.15, 0.2) is 4.77 Å². The van der Waals surface area contributed by atoms with Crippen molar-refractivity contribution >= 4 is 18.1 Å². The van der Waals surface area contributed by atoms with Crippen LogP contribution in [0.4, 0.5) is 0 Å². The van der Waals surface area contributed by atoms with E-state index in [0.717, 1.165) is 18.7 Å². The summed E-state index contributed by atoms with van der Waals surface area (Å²) in [5.74, 6) is 1.37. The maximum absolute atomic E-state index is 12.0. The van der Waals surface area contributed by atoms with E-state index >= 15 is 0 Å². The van der Waals surface area contributed by atoms with E-state index < -0.39 is 0 Å². The number of hydrogen-bond acceptors (Lipinski definition) is 3. The van der Waals surface area contributed by atoms with Crippen LogP contribution in [0.15, 0.2) is 0 Å². The van der Waals surface area contributed by atoms with E-state index in [9.17, 15) is 4.79 Å². The summed E-state index contributed by atoms with van der Waals surface area (Å²) in [7, 11) is 0. The van der Waals surface area contributed by atoms with Crippen molar-refractivity contribution in [3.05, 3.63) is 10.6 Å². The van der Waals surface area contributed by atoms with Gasteiger partial charge in [-0.25, -0.2) is 0 Å². The zero-order valence-corrected chi connectivity index (χ0v) is 11.2. The molecular weight excluding hydrogens is 236 g/mol. The van der Waals surface area contributed by atoms with Gasteiger partial charge in [0.2, 0.25) is 5.91 Å². The Morgan fingerprint density at radius 1 is 1.53 bits per heavy atom. The summed E-state index contributed by atoms with van der Waals surface area (Å²) in [6.07, 6.45) is 2.27. The first-order valence-electron chi connectivity index (χ1n) is 5.98. The summed E-state index contributed by atoms with van der Waals surface area (Å²) in [5, 5.41) is 9.91. The molecule has 94 valence electrons. The minimum atomic E-state index is -0.306. The molecule has 1 fully saturated rings. The molecule has 1 unspecified atom stereocenters. The number of hydrogen-bond donors (Lipinski definition) is 2. The molecule has 2 rings (SSSR count). The van der Waals surface area contributed by atoms with Gasteiger partial charge in [0.25, 0.3) is 0 Å². The van der Waals surface area contributed by atoms with Crippen LogP contribution in [0.3, 0.4) is 0 Å². The Morgan fingerprint density at radius 3 is 2.71 bits per heavy atom. The smallest absolute Gasteiger partial charge is 0.243 e. The highest BCUT2D eigenvalue weighted by atomic mass is 32.1. The quantitative estimate of drug-likeness (QED) is 0.807. The number of aromatic amines is 1. The lowest BCUT2D eigenvalue weighted by Crippen LogP contribution is -2.36. The Hall–Kier alpha value is -1.17. The van der Waals surface area contributed by atoms with Crippen LogP contribution in [0.1, 0.15) is 51.4 Å². The van der Waals surface area contributed by atoms with Crippen molar-refractivity contribution in [3.8, 4) is 0 Å². The molecule has 1 saturated carbocycles. The SMILES string of the molecule is CC(C)NC(=O)C(C)n1c(C2CC2)n[nH]c1=S. The second-order valence-electron chi connectivity index (χ2n) is 4.87. The lowest BCUT2D eigenvalue weighted by molar-refractivity contribution is -0.124. The predicted molar refractivity (Wildman–Crippen MR) is 67.4 cm³/mol. The molecule has 1 amide bonds. The van der Waals surface area contributed by atoms with E-state index in [0.29, 0.717) is 10.7 Å². The zero-order chi connectivity index (χ0) is 12.6. The zero-order valence-electron chi connectivity index (χ0n) is 10.4. The number of rotatable bonds is 4. The third-order valence-corrected chi connectivity index (χ3v) is 3.16. The predicted octanol–water partition coefficient (Wildman–Crippen LogP) is 1.90. The molecule has 1 heterocycles. The number of carbonyl (C=O) groups is 1. The highest BCUT2D eigenvalue weighted by Gasteiger charge is 2.31. The number of amides is 1. The Morgan fingerprint density at radius 2 is 2.18 bits per heavy atom. The molecule has 1 aliphatic carbocycles. The minimum absolute atomic E-state index is 0.0144. The monoisotopic (exact) mass is 254 g/mol. The standard InChI is InChI=1S/C11H18N4OS/c1-6(2)12-10(16)7(3)15-9(8-4-5-8)13-14-11(15)17/h6-8H,4-5H2,1-3H3,(H,12,16)(H,14,17). The summed E-state index contributed by atoms with van der Waals surface area (Å²) in [6, 6.07) is -0.172. The second kappa shape index (κ2) is 4.60. The van der Waals surface area contributed by atoms with E-state index in [-0.39, 0.29) is 18.0 Å². The first-order valence-corrected chi connectivity index (χ1v) is 6.38. The lowest BCUT2D eigenvalue weighted by atomic mass is 10.2.